The quantitative estimate of drug-likeness (QED) is 0.165. The minimum absolute atomic E-state index is 0.0931. The van der Waals surface area contributed by atoms with Crippen LogP contribution in [-0.2, 0) is 22.7 Å². The molecular weight excluding hydrogens is 604 g/mol. The van der Waals surface area contributed by atoms with Gasteiger partial charge in [0.05, 0.1) is 31.8 Å². The van der Waals surface area contributed by atoms with Gasteiger partial charge in [-0.15, -0.1) is 0 Å². The molecule has 1 aliphatic heterocycles. The lowest BCUT2D eigenvalue weighted by Gasteiger charge is -2.50. The Labute approximate surface area is 269 Å². The number of benzene rings is 2. The monoisotopic (exact) mass is 655 g/mol. The van der Waals surface area contributed by atoms with E-state index in [0.29, 0.717) is 6.04 Å². The maximum atomic E-state index is 11.5. The Bertz CT molecular complexity index is 1270. The number of aliphatic hydroxyl groups excluding tert-OH is 1. The van der Waals surface area contributed by atoms with Gasteiger partial charge in [-0.2, -0.15) is 5.26 Å². The Morgan fingerprint density at radius 2 is 1.52 bits per heavy atom. The van der Waals surface area contributed by atoms with Gasteiger partial charge in [-0.1, -0.05) is 113 Å². The van der Waals surface area contributed by atoms with Crippen molar-refractivity contribution in [3.63, 3.8) is 0 Å². The van der Waals surface area contributed by atoms with E-state index in [2.05, 4.69) is 116 Å². The van der Waals surface area contributed by atoms with Gasteiger partial charge >= 0.3 is 0 Å². The van der Waals surface area contributed by atoms with E-state index in [1.807, 2.05) is 12.1 Å². The van der Waals surface area contributed by atoms with Crippen molar-refractivity contribution in [3.8, 4) is 6.07 Å². The summed E-state index contributed by atoms with van der Waals surface area (Å²) >= 11 is 0. The molecule has 0 aromatic heterocycles. The Morgan fingerprint density at radius 1 is 1.00 bits per heavy atom. The Balaban J connectivity index is 2.29. The molecule has 0 saturated carbocycles. The topological polar surface area (TPSA) is 90.2 Å². The van der Waals surface area contributed by atoms with E-state index < -0.39 is 47.8 Å². The third-order valence-electron chi connectivity index (χ3n) is 9.45. The van der Waals surface area contributed by atoms with Crippen LogP contribution in [0, 0.1) is 11.3 Å². The number of hydrogen-bond donors (Lipinski definition) is 1. The molecule has 2 radical (unpaired) electrons. The maximum Gasteiger partial charge on any atom is 0.250 e. The molecule has 44 heavy (non-hydrogen) atoms. The van der Waals surface area contributed by atoms with Crippen LogP contribution in [0.2, 0.25) is 29.2 Å². The second-order valence-corrected chi connectivity index (χ2v) is 25.9. The van der Waals surface area contributed by atoms with Crippen molar-refractivity contribution >= 4 is 48.5 Å². The number of nitrogens with zero attached hydrogens (tertiary/aromatic N) is 1. The van der Waals surface area contributed by atoms with Gasteiger partial charge in [0.25, 0.3) is 7.57 Å². The van der Waals surface area contributed by atoms with E-state index in [4.69, 9.17) is 35.8 Å². The predicted octanol–water partition coefficient (Wildman–Crippen LogP) is 5.85. The van der Waals surface area contributed by atoms with Crippen LogP contribution in [-0.4, -0.2) is 79.8 Å². The largest absolute Gasteiger partial charge is 0.409 e. The first-order chi connectivity index (χ1) is 20.4. The van der Waals surface area contributed by atoms with Gasteiger partial charge < -0.3 is 27.8 Å². The standard InChI is InChI=1S/C33H51BNO6PSi2/c1-31(2,3)43(9,10)41-28-29(40-42(8,37-7)38-23-17-22-35)33(24-36,39-30(28)34)25-44(32(4,5)6,26-18-13-11-14-19-26)27-20-15-12-16-21-27/h11-16,18-21,28-30,36H,8,17,23-25H2,1-7,9-10H3/t28-,29?,30+,33-,42?/m0/s1. The highest BCUT2D eigenvalue weighted by atomic mass is 31.2. The molecule has 2 aromatic carbocycles. The second kappa shape index (κ2) is 14.1. The molecule has 0 bridgehead atoms. The van der Waals surface area contributed by atoms with Gasteiger partial charge in [0.15, 0.2) is 8.32 Å². The molecule has 0 amide bonds. The third-order valence-corrected chi connectivity index (χ3v) is 21.9. The first-order valence-electron chi connectivity index (χ1n) is 15.2. The van der Waals surface area contributed by atoms with Crippen molar-refractivity contribution in [3.05, 3.63) is 60.7 Å². The fraction of sp³-hybridized carbons (Fsp3) is 0.576. The average Bonchev–Trinajstić information content (AvgIpc) is 3.20. The molecule has 1 heterocycles. The number of ether oxygens (including phenoxy) is 1. The summed E-state index contributed by atoms with van der Waals surface area (Å²) in [6, 6.07) is 22.7. The molecule has 3 rings (SSSR count). The van der Waals surface area contributed by atoms with Crippen LogP contribution in [0.15, 0.2) is 60.7 Å². The lowest BCUT2D eigenvalue weighted by molar-refractivity contribution is -0.0833. The summed E-state index contributed by atoms with van der Waals surface area (Å²) in [5, 5.41) is 22.7. The molecule has 7 nitrogen and oxygen atoms in total. The predicted molar refractivity (Wildman–Crippen MR) is 187 cm³/mol. The van der Waals surface area contributed by atoms with Crippen molar-refractivity contribution in [2.45, 2.75) is 101 Å². The number of nitriles is 1. The molecule has 11 heteroatoms. The van der Waals surface area contributed by atoms with Gasteiger partial charge in [-0.25, -0.2) is 0 Å². The summed E-state index contributed by atoms with van der Waals surface area (Å²) in [4.78, 5) is 0. The normalized spacial score (nSPS) is 24.5. The van der Waals surface area contributed by atoms with E-state index in [9.17, 15) is 5.11 Å². The first-order valence-corrected chi connectivity index (χ1v) is 22.1. The molecule has 5 atom stereocenters. The highest BCUT2D eigenvalue weighted by Gasteiger charge is 2.63. The lowest BCUT2D eigenvalue weighted by atomic mass is 9.90. The van der Waals surface area contributed by atoms with Gasteiger partial charge in [-0.3, -0.25) is 0 Å². The van der Waals surface area contributed by atoms with Crippen molar-refractivity contribution in [2.24, 2.45) is 0 Å². The molecule has 2 unspecified atom stereocenters. The van der Waals surface area contributed by atoms with Crippen molar-refractivity contribution in [2.75, 3.05) is 20.3 Å². The number of hydrogen-bond acceptors (Lipinski definition) is 7. The molecule has 240 valence electrons. The van der Waals surface area contributed by atoms with Gasteiger partial charge in [0.2, 0.25) is 0 Å². The van der Waals surface area contributed by atoms with Crippen molar-refractivity contribution in [1.29, 1.82) is 5.26 Å². The van der Waals surface area contributed by atoms with Crippen LogP contribution in [0.5, 0.6) is 0 Å². The fourth-order valence-corrected chi connectivity index (χ4v) is 14.3. The summed E-state index contributed by atoms with van der Waals surface area (Å²) in [7, 11) is -0.163. The molecule has 1 N–H and O–H groups in total. The Morgan fingerprint density at radius 3 is 1.93 bits per heavy atom. The zero-order chi connectivity index (χ0) is 33.0. The van der Waals surface area contributed by atoms with Crippen LogP contribution in [0.1, 0.15) is 48.0 Å². The molecule has 2 aromatic rings. The maximum absolute atomic E-state index is 11.5. The molecule has 1 saturated heterocycles. The molecule has 0 aliphatic carbocycles. The second-order valence-electron chi connectivity index (χ2n) is 14.3. The van der Waals surface area contributed by atoms with E-state index >= 15 is 0 Å². The molecule has 1 fully saturated rings. The summed E-state index contributed by atoms with van der Waals surface area (Å²) in [5.41, 5.74) is -1.28. The molecule has 1 aliphatic rings. The minimum atomic E-state index is -3.24. The van der Waals surface area contributed by atoms with E-state index in [1.165, 1.54) is 17.5 Å². The summed E-state index contributed by atoms with van der Waals surface area (Å²) < 4.78 is 32.3. The van der Waals surface area contributed by atoms with Crippen molar-refractivity contribution in [1.82, 2.24) is 0 Å². The Hall–Kier alpha value is -1.51. The van der Waals surface area contributed by atoms with Gasteiger partial charge in [-0.05, 0) is 35.5 Å². The van der Waals surface area contributed by atoms with E-state index in [0.717, 1.165) is 0 Å². The zero-order valence-electron chi connectivity index (χ0n) is 28.0. The van der Waals surface area contributed by atoms with Crippen LogP contribution >= 0.6 is 7.57 Å². The molecular formula is C33H51BNO6PSi2. The molecule has 0 spiro atoms. The highest BCUT2D eigenvalue weighted by Crippen LogP contribution is 2.56. The smallest absolute Gasteiger partial charge is 0.250 e. The Kier molecular flexibility index (Phi) is 11.8. The highest BCUT2D eigenvalue weighted by molar-refractivity contribution is 7.59. The van der Waals surface area contributed by atoms with Crippen molar-refractivity contribution < 1.29 is 27.8 Å². The first kappa shape index (κ1) is 37.0. The third kappa shape index (κ3) is 7.54. The summed E-state index contributed by atoms with van der Waals surface area (Å²) in [5.74, 6) is 0. The number of aliphatic hydroxyl groups is 1. The lowest BCUT2D eigenvalue weighted by Crippen LogP contribution is -2.69. The average molecular weight is 656 g/mol. The zero-order valence-corrected chi connectivity index (χ0v) is 30.9. The van der Waals surface area contributed by atoms with Crippen LogP contribution in [0.4, 0.5) is 0 Å². The van der Waals surface area contributed by atoms with Crippen LogP contribution in [0.3, 0.4) is 0 Å². The van der Waals surface area contributed by atoms with Gasteiger partial charge in [0.1, 0.15) is 27.6 Å². The number of rotatable bonds is 13. The SMILES string of the molecule is [B][C@@H]1O[C@@](CO)(C[Si](c2ccccc2)(c2ccccc2)C(C)(C)C)C(OP(=C)(OC)OCCC#N)[C@@H]1O[Si](C)(C)C(C)(C)C. The van der Waals surface area contributed by atoms with Gasteiger partial charge in [0, 0.05) is 13.1 Å². The minimum Gasteiger partial charge on any atom is -0.409 e. The summed E-state index contributed by atoms with van der Waals surface area (Å²) in [6.45, 7) is 17.3. The van der Waals surface area contributed by atoms with E-state index in [-0.39, 0.29) is 29.7 Å². The van der Waals surface area contributed by atoms with Crippen LogP contribution < -0.4 is 10.4 Å². The van der Waals surface area contributed by atoms with Crippen LogP contribution in [0.25, 0.3) is 0 Å². The summed E-state index contributed by atoms with van der Waals surface area (Å²) in [6.07, 6.45) is 2.77. The fourth-order valence-electron chi connectivity index (χ4n) is 5.93. The van der Waals surface area contributed by atoms with E-state index in [1.54, 1.807) is 0 Å².